The largest absolute Gasteiger partial charge is 0.447 e. The van der Waals surface area contributed by atoms with Gasteiger partial charge in [0.2, 0.25) is 5.89 Å². The molecule has 1 heterocycles. The van der Waals surface area contributed by atoms with E-state index in [2.05, 4.69) is 126 Å². The van der Waals surface area contributed by atoms with Gasteiger partial charge in [-0.3, -0.25) is 0 Å². The van der Waals surface area contributed by atoms with E-state index in [1.807, 2.05) is 24.3 Å². The van der Waals surface area contributed by atoms with Crippen molar-refractivity contribution >= 4 is 39.4 Å². The third-order valence-electron chi connectivity index (χ3n) is 8.81. The molecule has 2 aliphatic rings. The second-order valence-corrected chi connectivity index (χ2v) is 12.1. The van der Waals surface area contributed by atoms with Crippen LogP contribution in [0.4, 0.5) is 17.1 Å². The van der Waals surface area contributed by atoms with Crippen LogP contribution in [0.1, 0.15) is 44.6 Å². The molecule has 0 aliphatic heterocycles. The number of fused-ring (bicyclic) bond motifs is 2. The van der Waals surface area contributed by atoms with Gasteiger partial charge in [-0.1, -0.05) is 86.7 Å². The van der Waals surface area contributed by atoms with Crippen LogP contribution in [-0.2, 0) is 0 Å². The van der Waals surface area contributed by atoms with Crippen molar-refractivity contribution in [3.8, 4) is 0 Å². The molecule has 0 bridgehead atoms. The third-order valence-corrected chi connectivity index (χ3v) is 8.81. The predicted octanol–water partition coefficient (Wildman–Crippen LogP) is 10.8. The van der Waals surface area contributed by atoms with Crippen molar-refractivity contribution in [1.29, 1.82) is 0 Å². The lowest BCUT2D eigenvalue weighted by Gasteiger charge is -2.42. The van der Waals surface area contributed by atoms with Crippen molar-refractivity contribution in [2.24, 2.45) is 11.3 Å². The molecule has 5 aromatic rings. The molecule has 0 saturated carbocycles. The van der Waals surface area contributed by atoms with Crippen LogP contribution in [-0.4, -0.2) is 4.98 Å². The second-order valence-electron chi connectivity index (χ2n) is 12.1. The first-order chi connectivity index (χ1) is 21.0. The van der Waals surface area contributed by atoms with Crippen molar-refractivity contribution in [3.05, 3.63) is 155 Å². The van der Waals surface area contributed by atoms with Crippen LogP contribution in [0.15, 0.2) is 137 Å². The third kappa shape index (κ3) is 5.08. The number of allylic oxidation sites excluding steroid dienone is 5. The van der Waals surface area contributed by atoms with Crippen molar-refractivity contribution in [2.45, 2.75) is 33.1 Å². The summed E-state index contributed by atoms with van der Waals surface area (Å²) in [6.07, 6.45) is 7.55. The van der Waals surface area contributed by atoms with Crippen molar-refractivity contribution in [3.63, 3.8) is 0 Å². The summed E-state index contributed by atoms with van der Waals surface area (Å²) in [7, 11) is 0. The lowest BCUT2D eigenvalue weighted by molar-refractivity contribution is 0.228. The molecule has 0 radical (unpaired) electrons. The fourth-order valence-electron chi connectivity index (χ4n) is 6.73. The normalized spacial score (nSPS) is 18.7. The Morgan fingerprint density at radius 1 is 0.814 bits per heavy atom. The van der Waals surface area contributed by atoms with E-state index in [1.54, 1.807) is 0 Å². The summed E-state index contributed by atoms with van der Waals surface area (Å²) in [5, 5.41) is 0. The number of benzene rings is 4. The summed E-state index contributed by atoms with van der Waals surface area (Å²) in [5.74, 6) is 0.857. The number of para-hydroxylation sites is 4. The van der Waals surface area contributed by atoms with E-state index >= 15 is 0 Å². The number of hydrogen-bond acceptors (Lipinski definition) is 3. The van der Waals surface area contributed by atoms with E-state index in [0.29, 0.717) is 23.1 Å². The Hall–Kier alpha value is -5.14. The molecule has 0 spiro atoms. The first-order valence-corrected chi connectivity index (χ1v) is 14.9. The average Bonchev–Trinajstić information content (AvgIpc) is 3.46. The summed E-state index contributed by atoms with van der Waals surface area (Å²) < 4.78 is 6.03. The molecule has 0 saturated heterocycles. The minimum absolute atomic E-state index is 0.0269. The van der Waals surface area contributed by atoms with E-state index in [0.717, 1.165) is 47.4 Å². The highest BCUT2D eigenvalue weighted by Crippen LogP contribution is 2.51. The molecule has 1 atom stereocenters. The van der Waals surface area contributed by atoms with Gasteiger partial charge in [-0.15, -0.1) is 0 Å². The molecule has 43 heavy (non-hydrogen) atoms. The summed E-state index contributed by atoms with van der Waals surface area (Å²) in [6.45, 7) is 12.7. The molecule has 0 amide bonds. The first kappa shape index (κ1) is 26.7. The number of oxazole rings is 1. The molecule has 0 fully saturated rings. The Labute approximate surface area is 253 Å². The van der Waals surface area contributed by atoms with Crippen molar-refractivity contribution in [1.82, 2.24) is 4.98 Å². The maximum atomic E-state index is 8.04. The summed E-state index contributed by atoms with van der Waals surface area (Å²) >= 11 is 0. The van der Waals surface area contributed by atoms with E-state index in [4.69, 9.17) is 11.0 Å². The predicted molar refractivity (Wildman–Crippen MR) is 176 cm³/mol. The zero-order valence-corrected chi connectivity index (χ0v) is 24.5. The molecule has 7 rings (SSSR count). The Balaban J connectivity index is 1.25. The molecule has 0 N–H and O–H groups in total. The minimum atomic E-state index is 0.0269. The summed E-state index contributed by atoms with van der Waals surface area (Å²) in [4.78, 5) is 10.9. The van der Waals surface area contributed by atoms with Crippen LogP contribution in [0.2, 0.25) is 0 Å². The van der Waals surface area contributed by atoms with E-state index in [-0.39, 0.29) is 5.41 Å². The lowest BCUT2D eigenvalue weighted by Crippen LogP contribution is -2.31. The Morgan fingerprint density at radius 3 is 2.09 bits per heavy atom. The maximum Gasteiger partial charge on any atom is 0.250 e. The minimum Gasteiger partial charge on any atom is -0.447 e. The maximum absolute atomic E-state index is 8.04. The lowest BCUT2D eigenvalue weighted by atomic mass is 9.62. The van der Waals surface area contributed by atoms with Gasteiger partial charge in [0, 0.05) is 17.1 Å². The molecular formula is C39H33N3O. The smallest absolute Gasteiger partial charge is 0.250 e. The molecule has 1 aromatic heterocycles. The molecule has 2 aliphatic carbocycles. The molecule has 1 unspecified atom stereocenters. The van der Waals surface area contributed by atoms with Gasteiger partial charge in [0.1, 0.15) is 5.52 Å². The quantitative estimate of drug-likeness (QED) is 0.201. The number of hydrogen-bond donors (Lipinski definition) is 0. The van der Waals surface area contributed by atoms with Crippen LogP contribution < -0.4 is 4.90 Å². The summed E-state index contributed by atoms with van der Waals surface area (Å²) in [5.41, 5.74) is 10.3. The van der Waals surface area contributed by atoms with Crippen LogP contribution in [0, 0.1) is 17.9 Å². The summed E-state index contributed by atoms with van der Waals surface area (Å²) in [6, 6.07) is 37.6. The van der Waals surface area contributed by atoms with Crippen molar-refractivity contribution in [2.75, 3.05) is 4.90 Å². The average molecular weight is 560 g/mol. The van der Waals surface area contributed by atoms with Crippen LogP contribution in [0.5, 0.6) is 0 Å². The number of aromatic nitrogens is 1. The van der Waals surface area contributed by atoms with Crippen LogP contribution >= 0.6 is 0 Å². The van der Waals surface area contributed by atoms with Gasteiger partial charge in [0.25, 0.3) is 5.70 Å². The second kappa shape index (κ2) is 10.9. The van der Waals surface area contributed by atoms with Gasteiger partial charge in [-0.25, -0.2) is 9.83 Å². The highest BCUT2D eigenvalue weighted by Gasteiger charge is 2.38. The zero-order chi connectivity index (χ0) is 29.4. The standard InChI is InChI=1S/C39H33N3O/c1-39(2)26-30(37(40-3)38-41-35-16-10-11-17-36(35)43-38)25-29-24-28(20-23-34(29)39)27-18-21-33(22-19-27)42(31-12-6-4-7-13-31)32-14-8-5-9-15-32/h4-19,21-22,24-25,34H,20,23,26H2,1-2H3. The number of rotatable bonds is 5. The van der Waals surface area contributed by atoms with E-state index < -0.39 is 0 Å². The Bertz CT molecular complexity index is 1850. The Morgan fingerprint density at radius 2 is 1.44 bits per heavy atom. The van der Waals surface area contributed by atoms with Crippen molar-refractivity contribution < 1.29 is 4.42 Å². The fraction of sp³-hybridized carbons (Fsp3) is 0.179. The van der Waals surface area contributed by atoms with Crippen LogP contribution in [0.25, 0.3) is 27.2 Å². The number of nitrogens with zero attached hydrogens (tertiary/aromatic N) is 3. The van der Waals surface area contributed by atoms with Gasteiger partial charge >= 0.3 is 0 Å². The Kier molecular flexibility index (Phi) is 6.80. The van der Waals surface area contributed by atoms with Gasteiger partial charge in [-0.2, -0.15) is 0 Å². The van der Waals surface area contributed by atoms with Crippen LogP contribution in [0.3, 0.4) is 0 Å². The molecule has 210 valence electrons. The highest BCUT2D eigenvalue weighted by atomic mass is 16.3. The molecule has 4 nitrogen and oxygen atoms in total. The zero-order valence-electron chi connectivity index (χ0n) is 24.5. The van der Waals surface area contributed by atoms with Gasteiger partial charge in [0.15, 0.2) is 5.58 Å². The monoisotopic (exact) mass is 559 g/mol. The van der Waals surface area contributed by atoms with E-state index in [1.165, 1.54) is 16.7 Å². The van der Waals surface area contributed by atoms with Gasteiger partial charge in [-0.05, 0) is 101 Å². The molecule has 4 heteroatoms. The van der Waals surface area contributed by atoms with Gasteiger partial charge in [0.05, 0.1) is 6.57 Å². The molecular weight excluding hydrogens is 526 g/mol. The van der Waals surface area contributed by atoms with Gasteiger partial charge < -0.3 is 9.32 Å². The first-order valence-electron chi connectivity index (χ1n) is 14.9. The van der Waals surface area contributed by atoms with E-state index in [9.17, 15) is 0 Å². The topological polar surface area (TPSA) is 33.6 Å². The number of anilines is 3. The molecule has 4 aromatic carbocycles. The fourth-order valence-corrected chi connectivity index (χ4v) is 6.73. The highest BCUT2D eigenvalue weighted by molar-refractivity contribution is 5.81. The SMILES string of the molecule is [C-]#[N+]C(=C1C=C2C=C(c3ccc(N(c4ccccc4)c4ccccc4)cc3)CCC2C(C)(C)C1)c1nc2ccccc2o1.